The SMILES string of the molecule is CCCCN(C)C(=O)c1cc(S(=O)(=O)N(CC)CC)ccc1Cl. The fraction of sp³-hybridized carbons (Fsp3) is 0.562. The molecule has 0 bridgehead atoms. The molecule has 1 aromatic rings. The summed E-state index contributed by atoms with van der Waals surface area (Å²) in [6.07, 6.45) is 1.86. The fourth-order valence-electron chi connectivity index (χ4n) is 2.24. The Bertz CT molecular complexity index is 643. The Morgan fingerprint density at radius 3 is 2.30 bits per heavy atom. The fourth-order valence-corrected chi connectivity index (χ4v) is 3.93. The Labute approximate surface area is 144 Å². The lowest BCUT2D eigenvalue weighted by Gasteiger charge is -2.20. The van der Waals surface area contributed by atoms with Crippen molar-refractivity contribution < 1.29 is 13.2 Å². The lowest BCUT2D eigenvalue weighted by molar-refractivity contribution is 0.0793. The Morgan fingerprint density at radius 1 is 1.17 bits per heavy atom. The molecule has 0 aliphatic carbocycles. The minimum absolute atomic E-state index is 0.0952. The molecule has 0 atom stereocenters. The molecule has 0 unspecified atom stereocenters. The number of carbonyl (C=O) groups is 1. The molecule has 1 rings (SSSR count). The topological polar surface area (TPSA) is 57.7 Å². The summed E-state index contributed by atoms with van der Waals surface area (Å²) in [5.41, 5.74) is 0.221. The van der Waals surface area contributed by atoms with Crippen LogP contribution in [0.4, 0.5) is 0 Å². The van der Waals surface area contributed by atoms with Gasteiger partial charge in [-0.25, -0.2) is 8.42 Å². The van der Waals surface area contributed by atoms with Crippen molar-refractivity contribution in [2.24, 2.45) is 0 Å². The minimum atomic E-state index is -3.61. The zero-order valence-corrected chi connectivity index (χ0v) is 15.7. The van der Waals surface area contributed by atoms with E-state index < -0.39 is 10.0 Å². The van der Waals surface area contributed by atoms with E-state index in [1.165, 1.54) is 22.5 Å². The number of benzene rings is 1. The number of unbranched alkanes of at least 4 members (excludes halogenated alkanes) is 1. The van der Waals surface area contributed by atoms with Crippen LogP contribution in [0.15, 0.2) is 23.1 Å². The first kappa shape index (κ1) is 19.9. The average molecular weight is 361 g/mol. The van der Waals surface area contributed by atoms with Crippen LogP contribution in [0, 0.1) is 0 Å². The number of sulfonamides is 1. The maximum Gasteiger partial charge on any atom is 0.255 e. The van der Waals surface area contributed by atoms with Crippen LogP contribution < -0.4 is 0 Å². The summed E-state index contributed by atoms with van der Waals surface area (Å²) in [5.74, 6) is -0.264. The van der Waals surface area contributed by atoms with Crippen molar-refractivity contribution in [2.45, 2.75) is 38.5 Å². The summed E-state index contributed by atoms with van der Waals surface area (Å²) in [7, 11) is -1.92. The van der Waals surface area contributed by atoms with Crippen LogP contribution in [0.1, 0.15) is 44.0 Å². The van der Waals surface area contributed by atoms with E-state index in [1.807, 2.05) is 6.92 Å². The molecular weight excluding hydrogens is 336 g/mol. The zero-order chi connectivity index (χ0) is 17.6. The van der Waals surface area contributed by atoms with Crippen molar-refractivity contribution in [3.05, 3.63) is 28.8 Å². The largest absolute Gasteiger partial charge is 0.342 e. The summed E-state index contributed by atoms with van der Waals surface area (Å²) >= 11 is 6.11. The maximum absolute atomic E-state index is 12.6. The third-order valence-electron chi connectivity index (χ3n) is 3.71. The third kappa shape index (κ3) is 4.68. The molecule has 7 heteroatoms. The highest BCUT2D eigenvalue weighted by molar-refractivity contribution is 7.89. The summed E-state index contributed by atoms with van der Waals surface area (Å²) < 4.78 is 26.5. The van der Waals surface area contributed by atoms with Crippen molar-refractivity contribution in [3.63, 3.8) is 0 Å². The molecule has 1 amide bonds. The molecule has 5 nitrogen and oxygen atoms in total. The highest BCUT2D eigenvalue weighted by Gasteiger charge is 2.24. The molecule has 0 radical (unpaired) electrons. The molecule has 0 saturated carbocycles. The Kier molecular flexibility index (Phi) is 7.51. The van der Waals surface area contributed by atoms with Crippen molar-refractivity contribution in [1.82, 2.24) is 9.21 Å². The molecule has 1 aromatic carbocycles. The van der Waals surface area contributed by atoms with Gasteiger partial charge < -0.3 is 4.90 Å². The molecule has 0 heterocycles. The molecule has 0 aliphatic heterocycles. The predicted molar refractivity (Wildman–Crippen MR) is 93.4 cm³/mol. The van der Waals surface area contributed by atoms with Gasteiger partial charge in [0.25, 0.3) is 5.91 Å². The number of rotatable bonds is 8. The standard InChI is InChI=1S/C16H25ClN2O3S/c1-5-8-11-18(4)16(20)14-12-13(9-10-15(14)17)23(21,22)19(6-2)7-3/h9-10,12H,5-8,11H2,1-4H3. The van der Waals surface area contributed by atoms with E-state index in [0.29, 0.717) is 19.6 Å². The first-order chi connectivity index (χ1) is 10.8. The van der Waals surface area contributed by atoms with Gasteiger partial charge in [0, 0.05) is 26.7 Å². The normalized spacial score (nSPS) is 11.7. The number of hydrogen-bond donors (Lipinski definition) is 0. The quantitative estimate of drug-likeness (QED) is 0.715. The van der Waals surface area contributed by atoms with Crippen LogP contribution in [0.3, 0.4) is 0 Å². The van der Waals surface area contributed by atoms with Gasteiger partial charge in [0.15, 0.2) is 0 Å². The Hall–Kier alpha value is -1.11. The van der Waals surface area contributed by atoms with E-state index in [0.717, 1.165) is 12.8 Å². The molecule has 23 heavy (non-hydrogen) atoms. The summed E-state index contributed by atoms with van der Waals surface area (Å²) in [6, 6.07) is 4.29. The molecule has 0 saturated heterocycles. The van der Waals surface area contributed by atoms with Crippen molar-refractivity contribution >= 4 is 27.5 Å². The second-order valence-electron chi connectivity index (χ2n) is 5.31. The van der Waals surface area contributed by atoms with Gasteiger partial charge in [-0.15, -0.1) is 0 Å². The molecule has 130 valence electrons. The van der Waals surface area contributed by atoms with Crippen LogP contribution >= 0.6 is 11.6 Å². The molecule has 0 N–H and O–H groups in total. The van der Waals surface area contributed by atoms with Crippen LogP contribution in [0.25, 0.3) is 0 Å². The summed E-state index contributed by atoms with van der Waals surface area (Å²) in [4.78, 5) is 14.2. The maximum atomic E-state index is 12.6. The van der Waals surface area contributed by atoms with Crippen LogP contribution in [-0.2, 0) is 10.0 Å². The first-order valence-electron chi connectivity index (χ1n) is 7.84. The highest BCUT2D eigenvalue weighted by Crippen LogP contribution is 2.24. The molecular formula is C16H25ClN2O3S. The van der Waals surface area contributed by atoms with Gasteiger partial charge >= 0.3 is 0 Å². The Morgan fingerprint density at radius 2 is 1.78 bits per heavy atom. The number of nitrogens with zero attached hydrogens (tertiary/aromatic N) is 2. The van der Waals surface area contributed by atoms with E-state index in [-0.39, 0.29) is 21.4 Å². The van der Waals surface area contributed by atoms with E-state index in [9.17, 15) is 13.2 Å². The van der Waals surface area contributed by atoms with Crippen molar-refractivity contribution in [1.29, 1.82) is 0 Å². The first-order valence-corrected chi connectivity index (χ1v) is 9.66. The van der Waals surface area contributed by atoms with Crippen molar-refractivity contribution in [3.8, 4) is 0 Å². The monoisotopic (exact) mass is 360 g/mol. The molecule has 0 spiro atoms. The third-order valence-corrected chi connectivity index (χ3v) is 6.08. The van der Waals surface area contributed by atoms with Gasteiger partial charge in [-0.2, -0.15) is 4.31 Å². The average Bonchev–Trinajstić information content (AvgIpc) is 2.53. The molecule has 0 fully saturated rings. The van der Waals surface area contributed by atoms with Gasteiger partial charge in [-0.1, -0.05) is 38.8 Å². The summed E-state index contributed by atoms with van der Waals surface area (Å²) in [5, 5.41) is 0.261. The summed E-state index contributed by atoms with van der Waals surface area (Å²) in [6.45, 7) is 6.96. The number of hydrogen-bond acceptors (Lipinski definition) is 3. The highest BCUT2D eigenvalue weighted by atomic mass is 35.5. The molecule has 0 aliphatic rings. The number of halogens is 1. The van der Waals surface area contributed by atoms with Crippen molar-refractivity contribution in [2.75, 3.05) is 26.7 Å². The Balaban J connectivity index is 3.20. The minimum Gasteiger partial charge on any atom is -0.342 e. The van der Waals surface area contributed by atoms with Gasteiger partial charge in [0.2, 0.25) is 10.0 Å². The van der Waals surface area contributed by atoms with Crippen LogP contribution in [0.2, 0.25) is 5.02 Å². The number of amides is 1. The van der Waals surface area contributed by atoms with Crippen LogP contribution in [0.5, 0.6) is 0 Å². The predicted octanol–water partition coefficient (Wildman–Crippen LogP) is 3.24. The lowest BCUT2D eigenvalue weighted by atomic mass is 10.2. The smallest absolute Gasteiger partial charge is 0.255 e. The van der Waals surface area contributed by atoms with Gasteiger partial charge in [-0.3, -0.25) is 4.79 Å². The van der Waals surface area contributed by atoms with E-state index in [4.69, 9.17) is 11.6 Å². The van der Waals surface area contributed by atoms with E-state index >= 15 is 0 Å². The number of carbonyl (C=O) groups excluding carboxylic acids is 1. The van der Waals surface area contributed by atoms with Gasteiger partial charge in [-0.05, 0) is 24.6 Å². The lowest BCUT2D eigenvalue weighted by Crippen LogP contribution is -2.31. The second kappa shape index (κ2) is 8.66. The van der Waals surface area contributed by atoms with Gasteiger partial charge in [0.1, 0.15) is 0 Å². The van der Waals surface area contributed by atoms with E-state index in [1.54, 1.807) is 25.8 Å². The second-order valence-corrected chi connectivity index (χ2v) is 7.66. The van der Waals surface area contributed by atoms with Crippen LogP contribution in [-0.4, -0.2) is 50.2 Å². The zero-order valence-electron chi connectivity index (χ0n) is 14.2. The van der Waals surface area contributed by atoms with Gasteiger partial charge in [0.05, 0.1) is 15.5 Å². The van der Waals surface area contributed by atoms with E-state index in [2.05, 4.69) is 0 Å². The molecule has 0 aromatic heterocycles.